The molecule has 0 aliphatic carbocycles. The van der Waals surface area contributed by atoms with Gasteiger partial charge in [0.1, 0.15) is 17.4 Å². The van der Waals surface area contributed by atoms with Gasteiger partial charge in [-0.1, -0.05) is 0 Å². The molecule has 120 valence electrons. The van der Waals surface area contributed by atoms with E-state index < -0.39 is 0 Å². The average molecular weight is 311 g/mol. The third-order valence-corrected chi connectivity index (χ3v) is 3.67. The summed E-state index contributed by atoms with van der Waals surface area (Å²) in [5.41, 5.74) is 1.68. The van der Waals surface area contributed by atoms with Gasteiger partial charge in [-0.05, 0) is 69.0 Å². The average Bonchev–Trinajstić information content (AvgIpc) is 2.56. The predicted molar refractivity (Wildman–Crippen MR) is 90.6 cm³/mol. The monoisotopic (exact) mass is 311 g/mol. The predicted octanol–water partition coefficient (Wildman–Crippen LogP) is 2.35. The van der Waals surface area contributed by atoms with Crippen molar-refractivity contribution in [2.45, 2.75) is 13.0 Å². The Morgan fingerprint density at radius 1 is 1.17 bits per heavy atom. The maximum Gasteiger partial charge on any atom is 0.268 e. The largest absolute Gasteiger partial charge is 0.497 e. The number of rotatable bonds is 6. The van der Waals surface area contributed by atoms with E-state index in [4.69, 9.17) is 10.00 Å². The van der Waals surface area contributed by atoms with E-state index in [0.717, 1.165) is 30.0 Å². The fourth-order valence-electron chi connectivity index (χ4n) is 2.44. The van der Waals surface area contributed by atoms with Crippen LogP contribution >= 0.6 is 0 Å². The number of hydrogen-bond acceptors (Lipinski definition) is 4. The molecule has 0 unspecified atom stereocenters. The highest BCUT2D eigenvalue weighted by molar-refractivity contribution is 5.61. The Hall–Kier alpha value is -2.58. The van der Waals surface area contributed by atoms with Crippen LogP contribution in [-0.2, 0) is 6.54 Å². The Morgan fingerprint density at radius 3 is 2.43 bits per heavy atom. The Balaban J connectivity index is 2.43. The molecule has 23 heavy (non-hydrogen) atoms. The molecule has 2 aromatic rings. The van der Waals surface area contributed by atoms with Crippen molar-refractivity contribution in [2.24, 2.45) is 0 Å². The summed E-state index contributed by atoms with van der Waals surface area (Å²) in [6.45, 7) is 1.46. The summed E-state index contributed by atoms with van der Waals surface area (Å²) in [7, 11) is 5.62. The van der Waals surface area contributed by atoms with Crippen LogP contribution < -0.4 is 10.3 Å². The van der Waals surface area contributed by atoms with Gasteiger partial charge in [0.25, 0.3) is 5.56 Å². The van der Waals surface area contributed by atoms with Crippen molar-refractivity contribution in [3.05, 3.63) is 52.3 Å². The SMILES string of the molecule is COc1ccc(-c2ccc(C#N)c(=O)n2CCCN(C)C)cc1. The lowest BCUT2D eigenvalue weighted by atomic mass is 10.1. The van der Waals surface area contributed by atoms with Gasteiger partial charge in [-0.2, -0.15) is 5.26 Å². The van der Waals surface area contributed by atoms with Crippen molar-refractivity contribution in [1.29, 1.82) is 5.26 Å². The zero-order valence-electron chi connectivity index (χ0n) is 13.7. The van der Waals surface area contributed by atoms with E-state index in [-0.39, 0.29) is 11.1 Å². The lowest BCUT2D eigenvalue weighted by molar-refractivity contribution is 0.385. The molecule has 1 aromatic carbocycles. The highest BCUT2D eigenvalue weighted by Crippen LogP contribution is 2.22. The third kappa shape index (κ3) is 3.99. The van der Waals surface area contributed by atoms with Gasteiger partial charge in [-0.15, -0.1) is 0 Å². The molecule has 0 saturated heterocycles. The number of pyridine rings is 1. The maximum absolute atomic E-state index is 12.5. The summed E-state index contributed by atoms with van der Waals surface area (Å²) in [6, 6.07) is 13.0. The number of nitrogens with zero attached hydrogens (tertiary/aromatic N) is 3. The number of nitriles is 1. The third-order valence-electron chi connectivity index (χ3n) is 3.67. The molecular weight excluding hydrogens is 290 g/mol. The van der Waals surface area contributed by atoms with Crippen molar-refractivity contribution in [3.63, 3.8) is 0 Å². The Bertz CT molecular complexity index is 755. The molecule has 0 fully saturated rings. The van der Waals surface area contributed by atoms with Gasteiger partial charge in [0.2, 0.25) is 0 Å². The lowest BCUT2D eigenvalue weighted by Crippen LogP contribution is -2.26. The van der Waals surface area contributed by atoms with Crippen LogP contribution in [0.15, 0.2) is 41.2 Å². The van der Waals surface area contributed by atoms with Gasteiger partial charge >= 0.3 is 0 Å². The molecule has 0 N–H and O–H groups in total. The molecule has 0 atom stereocenters. The van der Waals surface area contributed by atoms with Gasteiger partial charge in [0.15, 0.2) is 0 Å². The van der Waals surface area contributed by atoms with Crippen LogP contribution in [0.5, 0.6) is 5.75 Å². The Labute approximate surface area is 136 Å². The topological polar surface area (TPSA) is 58.3 Å². The minimum absolute atomic E-state index is 0.173. The molecule has 0 saturated carbocycles. The molecule has 5 heteroatoms. The van der Waals surface area contributed by atoms with E-state index in [9.17, 15) is 4.79 Å². The normalized spacial score (nSPS) is 10.6. The van der Waals surface area contributed by atoms with Gasteiger partial charge < -0.3 is 14.2 Å². The molecule has 2 rings (SSSR count). The molecular formula is C18H21N3O2. The Morgan fingerprint density at radius 2 is 1.87 bits per heavy atom. The molecule has 1 aromatic heterocycles. The molecule has 0 aliphatic rings. The first-order valence-corrected chi connectivity index (χ1v) is 7.50. The van der Waals surface area contributed by atoms with E-state index in [1.54, 1.807) is 17.7 Å². The quantitative estimate of drug-likeness (QED) is 0.821. The highest BCUT2D eigenvalue weighted by atomic mass is 16.5. The molecule has 0 aliphatic heterocycles. The molecule has 0 spiro atoms. The van der Waals surface area contributed by atoms with Crippen LogP contribution in [0.3, 0.4) is 0 Å². The fourth-order valence-corrected chi connectivity index (χ4v) is 2.44. The summed E-state index contributed by atoms with van der Waals surface area (Å²) in [6.07, 6.45) is 0.838. The zero-order valence-corrected chi connectivity index (χ0v) is 13.7. The number of methoxy groups -OCH3 is 1. The van der Waals surface area contributed by atoms with Gasteiger partial charge in [-0.3, -0.25) is 4.79 Å². The van der Waals surface area contributed by atoms with Gasteiger partial charge in [0, 0.05) is 6.54 Å². The van der Waals surface area contributed by atoms with Crippen LogP contribution in [0.1, 0.15) is 12.0 Å². The minimum Gasteiger partial charge on any atom is -0.497 e. The first-order chi connectivity index (χ1) is 11.1. The lowest BCUT2D eigenvalue weighted by Gasteiger charge is -2.15. The highest BCUT2D eigenvalue weighted by Gasteiger charge is 2.10. The first kappa shape index (κ1) is 16.8. The zero-order chi connectivity index (χ0) is 16.8. The van der Waals surface area contributed by atoms with Crippen LogP contribution in [-0.4, -0.2) is 37.2 Å². The van der Waals surface area contributed by atoms with E-state index in [0.29, 0.717) is 6.54 Å². The second-order valence-electron chi connectivity index (χ2n) is 5.59. The summed E-state index contributed by atoms with van der Waals surface area (Å²) in [5, 5.41) is 9.10. The summed E-state index contributed by atoms with van der Waals surface area (Å²) >= 11 is 0. The molecule has 5 nitrogen and oxygen atoms in total. The second kappa shape index (κ2) is 7.61. The van der Waals surface area contributed by atoms with E-state index in [1.807, 2.05) is 50.5 Å². The first-order valence-electron chi connectivity index (χ1n) is 7.50. The van der Waals surface area contributed by atoms with Crippen molar-refractivity contribution in [1.82, 2.24) is 9.47 Å². The van der Waals surface area contributed by atoms with Crippen LogP contribution in [0.4, 0.5) is 0 Å². The minimum atomic E-state index is -0.237. The summed E-state index contributed by atoms with van der Waals surface area (Å²) in [4.78, 5) is 14.6. The summed E-state index contributed by atoms with van der Waals surface area (Å²) in [5.74, 6) is 0.767. The van der Waals surface area contributed by atoms with Crippen molar-refractivity contribution in [2.75, 3.05) is 27.7 Å². The number of aromatic nitrogens is 1. The van der Waals surface area contributed by atoms with Gasteiger partial charge in [0.05, 0.1) is 12.8 Å². The number of ether oxygens (including phenoxy) is 1. The summed E-state index contributed by atoms with van der Waals surface area (Å²) < 4.78 is 6.85. The van der Waals surface area contributed by atoms with Crippen LogP contribution in [0.2, 0.25) is 0 Å². The maximum atomic E-state index is 12.5. The number of benzene rings is 1. The molecule has 0 radical (unpaired) electrons. The van der Waals surface area contributed by atoms with E-state index in [2.05, 4.69) is 4.90 Å². The van der Waals surface area contributed by atoms with Gasteiger partial charge in [-0.25, -0.2) is 0 Å². The second-order valence-corrected chi connectivity index (χ2v) is 5.59. The standard InChI is InChI=1S/C18H21N3O2/c1-20(2)11-4-12-21-17(10-7-15(13-19)18(21)22)14-5-8-16(23-3)9-6-14/h5-10H,4,11-12H2,1-3H3. The van der Waals surface area contributed by atoms with Crippen molar-refractivity contribution >= 4 is 0 Å². The van der Waals surface area contributed by atoms with Crippen LogP contribution in [0.25, 0.3) is 11.3 Å². The smallest absolute Gasteiger partial charge is 0.268 e. The molecule has 0 bridgehead atoms. The van der Waals surface area contributed by atoms with E-state index in [1.165, 1.54) is 0 Å². The molecule has 1 heterocycles. The number of hydrogen-bond donors (Lipinski definition) is 0. The van der Waals surface area contributed by atoms with Crippen molar-refractivity contribution in [3.8, 4) is 23.1 Å². The fraction of sp³-hybridized carbons (Fsp3) is 0.333. The Kier molecular flexibility index (Phi) is 5.56. The van der Waals surface area contributed by atoms with E-state index >= 15 is 0 Å². The van der Waals surface area contributed by atoms with Crippen molar-refractivity contribution < 1.29 is 4.74 Å². The van der Waals surface area contributed by atoms with Crippen LogP contribution in [0, 0.1) is 11.3 Å². The molecule has 0 amide bonds.